The number of hydrogen-bond donors (Lipinski definition) is 1. The normalized spacial score (nSPS) is 12.1. The van der Waals surface area contributed by atoms with Crippen LogP contribution in [-0.4, -0.2) is 48.8 Å². The molecule has 0 spiro atoms. The fraction of sp³-hybridized carbons (Fsp3) is 0.750. The molecule has 7 nitrogen and oxygen atoms in total. The lowest BCUT2D eigenvalue weighted by molar-refractivity contribution is -0.148. The topological polar surface area (TPSA) is 84.1 Å². The van der Waals surface area contributed by atoms with E-state index in [0.29, 0.717) is 12.4 Å². The number of nitrogens with zero attached hydrogens (tertiary/aromatic N) is 5. The highest BCUT2D eigenvalue weighted by Gasteiger charge is 2.32. The van der Waals surface area contributed by atoms with Crippen LogP contribution in [0.15, 0.2) is 0 Å². The van der Waals surface area contributed by atoms with Crippen LogP contribution in [0, 0.1) is 0 Å². The number of aliphatic carboxylic acids is 1. The number of carbonyl (C=O) groups is 1. The van der Waals surface area contributed by atoms with Gasteiger partial charge < -0.3 is 5.11 Å². The predicted molar refractivity (Wildman–Crippen MR) is 52.0 cm³/mol. The quantitative estimate of drug-likeness (QED) is 0.726. The van der Waals surface area contributed by atoms with E-state index in [1.807, 2.05) is 0 Å². The summed E-state index contributed by atoms with van der Waals surface area (Å²) in [6.45, 7) is 3.62. The number of tetrazole rings is 1. The Morgan fingerprint density at radius 3 is 2.60 bits per heavy atom. The smallest absolute Gasteiger partial charge is 0.323 e. The van der Waals surface area contributed by atoms with Gasteiger partial charge in [-0.05, 0) is 26.1 Å². The predicted octanol–water partition coefficient (Wildman–Crippen LogP) is -0.495. The minimum atomic E-state index is -0.945. The molecule has 1 rings (SSSR count). The maximum Gasteiger partial charge on any atom is 0.323 e. The molecule has 0 atom stereocenters. The van der Waals surface area contributed by atoms with Gasteiger partial charge in [-0.25, -0.2) is 0 Å². The van der Waals surface area contributed by atoms with Gasteiger partial charge in [-0.15, -0.1) is 10.2 Å². The molecule has 1 N–H and O–H groups in total. The first kappa shape index (κ1) is 11.6. The molecule has 0 aliphatic heterocycles. The third-order valence-corrected chi connectivity index (χ3v) is 2.41. The molecule has 0 aromatic carbocycles. The lowest BCUT2D eigenvalue weighted by Crippen LogP contribution is -2.47. The van der Waals surface area contributed by atoms with Gasteiger partial charge in [0.25, 0.3) is 0 Å². The van der Waals surface area contributed by atoms with Crippen LogP contribution in [0.25, 0.3) is 0 Å². The number of aromatic nitrogens is 4. The number of rotatable bonds is 4. The second-order valence-electron chi connectivity index (χ2n) is 3.92. The molecule has 0 aliphatic carbocycles. The van der Waals surface area contributed by atoms with Crippen LogP contribution in [0.1, 0.15) is 19.7 Å². The van der Waals surface area contributed by atoms with E-state index < -0.39 is 11.5 Å². The molecule has 0 radical (unpaired) electrons. The SMILES string of the molecule is CN(Cc1nnn(C)n1)C(C)(C)C(=O)O. The molecule has 15 heavy (non-hydrogen) atoms. The Morgan fingerprint density at radius 1 is 1.60 bits per heavy atom. The van der Waals surface area contributed by atoms with Crippen molar-refractivity contribution in [1.29, 1.82) is 0 Å². The summed E-state index contributed by atoms with van der Waals surface area (Å²) in [6, 6.07) is 0. The summed E-state index contributed by atoms with van der Waals surface area (Å²) in [5.74, 6) is -0.372. The average molecular weight is 213 g/mol. The van der Waals surface area contributed by atoms with E-state index in [1.165, 1.54) is 4.80 Å². The minimum absolute atomic E-state index is 0.354. The fourth-order valence-electron chi connectivity index (χ4n) is 0.960. The maximum atomic E-state index is 11.0. The summed E-state index contributed by atoms with van der Waals surface area (Å²) in [4.78, 5) is 14.0. The van der Waals surface area contributed by atoms with Crippen molar-refractivity contribution in [2.45, 2.75) is 25.9 Å². The standard InChI is InChI=1S/C8H15N5O2/c1-8(2,7(14)15)12(3)5-6-9-11-13(4)10-6/h5H2,1-4H3,(H,14,15). The van der Waals surface area contributed by atoms with Crippen LogP contribution >= 0.6 is 0 Å². The van der Waals surface area contributed by atoms with Crippen LogP contribution in [-0.2, 0) is 18.4 Å². The van der Waals surface area contributed by atoms with E-state index in [9.17, 15) is 4.79 Å². The van der Waals surface area contributed by atoms with Crippen LogP contribution in [0.5, 0.6) is 0 Å². The first-order valence-electron chi connectivity index (χ1n) is 4.51. The van der Waals surface area contributed by atoms with Crippen molar-refractivity contribution in [2.24, 2.45) is 7.05 Å². The Bertz CT molecular complexity index is 360. The molecule has 1 aromatic heterocycles. The van der Waals surface area contributed by atoms with E-state index in [0.717, 1.165) is 0 Å². The summed E-state index contributed by atoms with van der Waals surface area (Å²) < 4.78 is 0. The summed E-state index contributed by atoms with van der Waals surface area (Å²) >= 11 is 0. The molecule has 84 valence electrons. The van der Waals surface area contributed by atoms with Crippen molar-refractivity contribution >= 4 is 5.97 Å². The van der Waals surface area contributed by atoms with Crippen molar-refractivity contribution in [2.75, 3.05) is 7.05 Å². The summed E-state index contributed by atoms with van der Waals surface area (Å²) in [5, 5.41) is 20.4. The van der Waals surface area contributed by atoms with Crippen molar-refractivity contribution in [3.8, 4) is 0 Å². The van der Waals surface area contributed by atoms with Crippen LogP contribution in [0.4, 0.5) is 0 Å². The molecule has 1 heterocycles. The third-order valence-electron chi connectivity index (χ3n) is 2.41. The summed E-state index contributed by atoms with van der Waals surface area (Å²) in [7, 11) is 3.38. The number of hydrogen-bond acceptors (Lipinski definition) is 5. The maximum absolute atomic E-state index is 11.0. The Balaban J connectivity index is 2.71. The fourth-order valence-corrected chi connectivity index (χ4v) is 0.960. The van der Waals surface area contributed by atoms with E-state index in [2.05, 4.69) is 15.4 Å². The van der Waals surface area contributed by atoms with Crippen LogP contribution in [0.3, 0.4) is 0 Å². The van der Waals surface area contributed by atoms with Gasteiger partial charge in [-0.2, -0.15) is 4.80 Å². The van der Waals surface area contributed by atoms with Crippen molar-refractivity contribution < 1.29 is 9.90 Å². The van der Waals surface area contributed by atoms with Gasteiger partial charge in [0.2, 0.25) is 0 Å². The minimum Gasteiger partial charge on any atom is -0.480 e. The summed E-state index contributed by atoms with van der Waals surface area (Å²) in [6.07, 6.45) is 0. The van der Waals surface area contributed by atoms with Gasteiger partial charge in [0.15, 0.2) is 5.82 Å². The lowest BCUT2D eigenvalue weighted by Gasteiger charge is -2.30. The van der Waals surface area contributed by atoms with Gasteiger partial charge >= 0.3 is 5.97 Å². The average Bonchev–Trinajstić information content (AvgIpc) is 2.50. The Hall–Kier alpha value is -1.50. The highest BCUT2D eigenvalue weighted by Crippen LogP contribution is 2.13. The van der Waals surface area contributed by atoms with Gasteiger partial charge in [0.1, 0.15) is 5.54 Å². The van der Waals surface area contributed by atoms with Crippen molar-refractivity contribution in [3.63, 3.8) is 0 Å². The number of carboxylic acids is 1. The molecule has 0 saturated heterocycles. The molecule has 0 bridgehead atoms. The largest absolute Gasteiger partial charge is 0.480 e. The van der Waals surface area contributed by atoms with Crippen LogP contribution < -0.4 is 0 Å². The molecule has 1 aromatic rings. The summed E-state index contributed by atoms with van der Waals surface area (Å²) in [5.41, 5.74) is -0.945. The Morgan fingerprint density at radius 2 is 2.20 bits per heavy atom. The van der Waals surface area contributed by atoms with Crippen molar-refractivity contribution in [3.05, 3.63) is 5.82 Å². The monoisotopic (exact) mass is 213 g/mol. The highest BCUT2D eigenvalue weighted by molar-refractivity contribution is 5.77. The molecule has 0 fully saturated rings. The Kier molecular flexibility index (Phi) is 3.04. The highest BCUT2D eigenvalue weighted by atomic mass is 16.4. The van der Waals surface area contributed by atoms with Gasteiger partial charge in [0, 0.05) is 0 Å². The van der Waals surface area contributed by atoms with Gasteiger partial charge in [0.05, 0.1) is 13.6 Å². The molecule has 0 aliphatic rings. The lowest BCUT2D eigenvalue weighted by atomic mass is 10.0. The molecular weight excluding hydrogens is 198 g/mol. The Labute approximate surface area is 87.7 Å². The van der Waals surface area contributed by atoms with E-state index in [4.69, 9.17) is 5.11 Å². The van der Waals surface area contributed by atoms with Crippen LogP contribution in [0.2, 0.25) is 0 Å². The van der Waals surface area contributed by atoms with Gasteiger partial charge in [-0.1, -0.05) is 0 Å². The molecule has 0 unspecified atom stereocenters. The third kappa shape index (κ3) is 2.50. The first-order valence-corrected chi connectivity index (χ1v) is 4.51. The zero-order valence-electron chi connectivity index (χ0n) is 9.30. The van der Waals surface area contributed by atoms with E-state index >= 15 is 0 Å². The molecule has 0 amide bonds. The zero-order valence-corrected chi connectivity index (χ0v) is 9.30. The number of aryl methyl sites for hydroxylation is 1. The van der Waals surface area contributed by atoms with E-state index in [-0.39, 0.29) is 0 Å². The van der Waals surface area contributed by atoms with Gasteiger partial charge in [-0.3, -0.25) is 9.69 Å². The number of carboxylic acid groups (broad SMARTS) is 1. The second-order valence-corrected chi connectivity index (χ2v) is 3.92. The molecule has 7 heteroatoms. The van der Waals surface area contributed by atoms with Crippen molar-refractivity contribution in [1.82, 2.24) is 25.1 Å². The number of likely N-dealkylation sites (N-methyl/N-ethyl adjacent to an activating group) is 1. The molecular formula is C8H15N5O2. The molecule has 0 saturated carbocycles. The second kappa shape index (κ2) is 3.93. The zero-order chi connectivity index (χ0) is 11.6. The van der Waals surface area contributed by atoms with E-state index in [1.54, 1.807) is 32.8 Å². The first-order chi connectivity index (χ1) is 6.84.